The van der Waals surface area contributed by atoms with Crippen molar-refractivity contribution < 1.29 is 14.6 Å². The molecule has 0 bridgehead atoms. The lowest BCUT2D eigenvalue weighted by atomic mass is 9.89. The lowest BCUT2D eigenvalue weighted by Gasteiger charge is -2.38. The van der Waals surface area contributed by atoms with Crippen LogP contribution in [0.15, 0.2) is 0 Å². The van der Waals surface area contributed by atoms with Crippen molar-refractivity contribution in [2.45, 2.75) is 49.3 Å². The van der Waals surface area contributed by atoms with Gasteiger partial charge < -0.3 is 19.9 Å². The number of aliphatic hydroxyl groups is 1. The molecule has 2 saturated heterocycles. The number of aliphatic hydroxyl groups excluding tert-OH is 1. The fourth-order valence-electron chi connectivity index (χ4n) is 2.95. The molecule has 3 aliphatic rings. The average molecular weight is 227 g/mol. The first kappa shape index (κ1) is 11.0. The third kappa shape index (κ3) is 1.99. The first-order chi connectivity index (χ1) is 7.76. The van der Waals surface area contributed by atoms with Crippen molar-refractivity contribution in [2.24, 2.45) is 0 Å². The van der Waals surface area contributed by atoms with E-state index in [2.05, 4.69) is 5.32 Å². The second-order valence-electron chi connectivity index (χ2n) is 5.61. The maximum absolute atomic E-state index is 9.33. The van der Waals surface area contributed by atoms with Gasteiger partial charge in [0.15, 0.2) is 0 Å². The molecule has 0 amide bonds. The van der Waals surface area contributed by atoms with Gasteiger partial charge in [-0.1, -0.05) is 0 Å². The predicted molar refractivity (Wildman–Crippen MR) is 59.3 cm³/mol. The highest BCUT2D eigenvalue weighted by Gasteiger charge is 2.47. The summed E-state index contributed by atoms with van der Waals surface area (Å²) >= 11 is 0. The van der Waals surface area contributed by atoms with Crippen LogP contribution in [0.25, 0.3) is 0 Å². The van der Waals surface area contributed by atoms with Gasteiger partial charge in [0, 0.05) is 31.2 Å². The van der Waals surface area contributed by atoms with Crippen molar-refractivity contribution in [3.8, 4) is 0 Å². The van der Waals surface area contributed by atoms with Crippen molar-refractivity contribution in [2.75, 3.05) is 26.4 Å². The summed E-state index contributed by atoms with van der Waals surface area (Å²) in [6, 6.07) is 0.491. The van der Waals surface area contributed by atoms with E-state index in [4.69, 9.17) is 9.47 Å². The number of hydrogen-bond acceptors (Lipinski definition) is 4. The minimum absolute atomic E-state index is 0.0263. The van der Waals surface area contributed by atoms with Crippen molar-refractivity contribution in [1.82, 2.24) is 5.32 Å². The molecular weight excluding hydrogens is 206 g/mol. The van der Waals surface area contributed by atoms with Crippen molar-refractivity contribution in [1.29, 1.82) is 0 Å². The summed E-state index contributed by atoms with van der Waals surface area (Å²) < 4.78 is 11.4. The van der Waals surface area contributed by atoms with Crippen LogP contribution in [0.4, 0.5) is 0 Å². The quantitative estimate of drug-likeness (QED) is 0.734. The van der Waals surface area contributed by atoms with Crippen LogP contribution in [0.5, 0.6) is 0 Å². The summed E-state index contributed by atoms with van der Waals surface area (Å²) in [6.45, 7) is 2.67. The molecule has 92 valence electrons. The molecule has 2 atom stereocenters. The topological polar surface area (TPSA) is 50.7 Å². The Morgan fingerprint density at radius 3 is 2.75 bits per heavy atom. The van der Waals surface area contributed by atoms with E-state index < -0.39 is 0 Å². The Morgan fingerprint density at radius 2 is 2.12 bits per heavy atom. The van der Waals surface area contributed by atoms with E-state index in [1.807, 2.05) is 0 Å². The maximum Gasteiger partial charge on any atom is 0.0951 e. The van der Waals surface area contributed by atoms with Crippen molar-refractivity contribution in [3.05, 3.63) is 0 Å². The van der Waals surface area contributed by atoms with Crippen LogP contribution in [0.2, 0.25) is 0 Å². The van der Waals surface area contributed by atoms with Gasteiger partial charge in [0.1, 0.15) is 0 Å². The molecule has 1 saturated carbocycles. The molecular formula is C12H21NO3. The largest absolute Gasteiger partial charge is 0.394 e. The minimum atomic E-state index is -0.0263. The molecule has 2 heterocycles. The molecule has 4 heteroatoms. The number of rotatable bonds is 3. The van der Waals surface area contributed by atoms with Gasteiger partial charge in [-0.2, -0.15) is 0 Å². The highest BCUT2D eigenvalue weighted by molar-refractivity contribution is 5.05. The van der Waals surface area contributed by atoms with E-state index in [0.717, 1.165) is 51.9 Å². The molecule has 0 aromatic heterocycles. The number of hydrogen-bond donors (Lipinski definition) is 2. The molecule has 1 aliphatic carbocycles. The Morgan fingerprint density at radius 1 is 1.25 bits per heavy atom. The summed E-state index contributed by atoms with van der Waals surface area (Å²) in [5.41, 5.74) is 0.0180. The Kier molecular flexibility index (Phi) is 2.70. The fraction of sp³-hybridized carbons (Fsp3) is 1.00. The van der Waals surface area contributed by atoms with Crippen LogP contribution < -0.4 is 5.32 Å². The number of nitrogens with one attached hydrogen (secondary N) is 1. The molecule has 0 aromatic rings. The Hall–Kier alpha value is -0.160. The van der Waals surface area contributed by atoms with E-state index >= 15 is 0 Å². The van der Waals surface area contributed by atoms with Crippen molar-refractivity contribution >= 4 is 0 Å². The van der Waals surface area contributed by atoms with Gasteiger partial charge in [0.2, 0.25) is 0 Å². The highest BCUT2D eigenvalue weighted by Crippen LogP contribution is 2.39. The highest BCUT2D eigenvalue weighted by atomic mass is 16.6. The zero-order valence-electron chi connectivity index (χ0n) is 9.71. The third-order valence-electron chi connectivity index (χ3n) is 4.23. The smallest absolute Gasteiger partial charge is 0.0951 e. The van der Waals surface area contributed by atoms with E-state index in [0.29, 0.717) is 6.04 Å². The van der Waals surface area contributed by atoms with E-state index in [-0.39, 0.29) is 17.7 Å². The molecule has 2 aliphatic heterocycles. The van der Waals surface area contributed by atoms with E-state index in [1.165, 1.54) is 0 Å². The standard InChI is InChI=1S/C12H21NO3/c14-8-11(2-3-11)13-10-1-5-16-12(7-10)4-6-15-9-12/h10,13-14H,1-9H2. The van der Waals surface area contributed by atoms with Gasteiger partial charge in [-0.15, -0.1) is 0 Å². The van der Waals surface area contributed by atoms with E-state index in [1.54, 1.807) is 0 Å². The van der Waals surface area contributed by atoms with Crippen LogP contribution in [0.3, 0.4) is 0 Å². The second-order valence-corrected chi connectivity index (χ2v) is 5.61. The Labute approximate surface area is 96.3 Å². The maximum atomic E-state index is 9.33. The third-order valence-corrected chi connectivity index (χ3v) is 4.23. The lowest BCUT2D eigenvalue weighted by molar-refractivity contribution is -0.0913. The average Bonchev–Trinajstić information content (AvgIpc) is 2.93. The molecule has 2 N–H and O–H groups in total. The van der Waals surface area contributed by atoms with Crippen LogP contribution >= 0.6 is 0 Å². The van der Waals surface area contributed by atoms with E-state index in [9.17, 15) is 5.11 Å². The SMILES string of the molecule is OCC1(NC2CCOC3(CCOC3)C2)CC1. The van der Waals surface area contributed by atoms with Gasteiger partial charge in [0.05, 0.1) is 18.8 Å². The van der Waals surface area contributed by atoms with Crippen LogP contribution in [0, 0.1) is 0 Å². The van der Waals surface area contributed by atoms with Gasteiger partial charge in [-0.3, -0.25) is 0 Å². The zero-order valence-corrected chi connectivity index (χ0v) is 9.71. The summed E-state index contributed by atoms with van der Waals surface area (Å²) in [7, 11) is 0. The van der Waals surface area contributed by atoms with Crippen LogP contribution in [-0.2, 0) is 9.47 Å². The Bertz CT molecular complexity index is 259. The molecule has 2 unspecified atom stereocenters. The molecule has 0 aromatic carbocycles. The molecule has 3 fully saturated rings. The normalized spacial score (nSPS) is 41.4. The molecule has 16 heavy (non-hydrogen) atoms. The molecule has 3 rings (SSSR count). The zero-order chi connectivity index (χ0) is 11.1. The van der Waals surface area contributed by atoms with Gasteiger partial charge in [-0.25, -0.2) is 0 Å². The van der Waals surface area contributed by atoms with Crippen molar-refractivity contribution in [3.63, 3.8) is 0 Å². The van der Waals surface area contributed by atoms with Gasteiger partial charge in [-0.05, 0) is 25.7 Å². The summed E-state index contributed by atoms with van der Waals surface area (Å²) in [5.74, 6) is 0. The molecule has 4 nitrogen and oxygen atoms in total. The van der Waals surface area contributed by atoms with Crippen LogP contribution in [-0.4, -0.2) is 48.7 Å². The first-order valence-electron chi connectivity index (χ1n) is 6.36. The lowest BCUT2D eigenvalue weighted by Crippen LogP contribution is -2.51. The molecule has 1 spiro atoms. The Balaban J connectivity index is 1.59. The fourth-order valence-corrected chi connectivity index (χ4v) is 2.95. The minimum Gasteiger partial charge on any atom is -0.394 e. The summed E-state index contributed by atoms with van der Waals surface area (Å²) in [6.07, 6.45) is 5.35. The predicted octanol–water partition coefficient (Wildman–Crippen LogP) is 0.439. The van der Waals surface area contributed by atoms with Crippen LogP contribution in [0.1, 0.15) is 32.1 Å². The molecule has 0 radical (unpaired) electrons. The monoisotopic (exact) mass is 227 g/mol. The summed E-state index contributed by atoms with van der Waals surface area (Å²) in [5, 5.41) is 12.9. The first-order valence-corrected chi connectivity index (χ1v) is 6.36. The van der Waals surface area contributed by atoms with Gasteiger partial charge >= 0.3 is 0 Å². The number of ether oxygens (including phenoxy) is 2. The second kappa shape index (κ2) is 3.95. The summed E-state index contributed by atoms with van der Waals surface area (Å²) in [4.78, 5) is 0. The van der Waals surface area contributed by atoms with Gasteiger partial charge in [0.25, 0.3) is 0 Å².